The summed E-state index contributed by atoms with van der Waals surface area (Å²) in [5.41, 5.74) is 6.20. The Labute approximate surface area is 128 Å². The average Bonchev–Trinajstić information content (AvgIpc) is 2.44. The third kappa shape index (κ3) is 4.43. The molecule has 0 aliphatic rings. The van der Waals surface area contributed by atoms with Crippen LogP contribution in [0.15, 0.2) is 29.2 Å². The van der Waals surface area contributed by atoms with Gasteiger partial charge in [-0.05, 0) is 38.8 Å². The van der Waals surface area contributed by atoms with Crippen LogP contribution >= 0.6 is 0 Å². The summed E-state index contributed by atoms with van der Waals surface area (Å²) in [6.07, 6.45) is 1.65. The fourth-order valence-corrected chi connectivity index (χ4v) is 3.64. The molecule has 1 aromatic rings. The van der Waals surface area contributed by atoms with Crippen LogP contribution in [0.3, 0.4) is 0 Å². The maximum atomic E-state index is 12.4. The zero-order chi connectivity index (χ0) is 16.1. The lowest BCUT2D eigenvalue weighted by Crippen LogP contribution is -2.45. The van der Waals surface area contributed by atoms with E-state index in [4.69, 9.17) is 5.73 Å². The molecule has 0 saturated carbocycles. The summed E-state index contributed by atoms with van der Waals surface area (Å²) in [7, 11) is -3.54. The Morgan fingerprint density at radius 1 is 1.19 bits per heavy atom. The largest absolute Gasteiger partial charge is 0.377 e. The van der Waals surface area contributed by atoms with Gasteiger partial charge in [0, 0.05) is 18.1 Å². The molecule has 0 atom stereocenters. The molecule has 4 N–H and O–H groups in total. The summed E-state index contributed by atoms with van der Waals surface area (Å²) in [6, 6.07) is 6.79. The minimum Gasteiger partial charge on any atom is -0.377 e. The van der Waals surface area contributed by atoms with Crippen LogP contribution in [0, 0.1) is 0 Å². The van der Waals surface area contributed by atoms with Gasteiger partial charge in [0.15, 0.2) is 0 Å². The minimum atomic E-state index is -3.54. The number of sulfonamides is 1. The molecule has 21 heavy (non-hydrogen) atoms. The third-order valence-electron chi connectivity index (χ3n) is 3.71. The van der Waals surface area contributed by atoms with E-state index in [1.807, 2.05) is 19.9 Å². The lowest BCUT2D eigenvalue weighted by Gasteiger charge is -2.33. The van der Waals surface area contributed by atoms with Gasteiger partial charge >= 0.3 is 0 Å². The van der Waals surface area contributed by atoms with Crippen LogP contribution in [-0.2, 0) is 10.0 Å². The molecule has 0 amide bonds. The normalized spacial score (nSPS) is 12.7. The van der Waals surface area contributed by atoms with Gasteiger partial charge in [-0.15, -0.1) is 0 Å². The summed E-state index contributed by atoms with van der Waals surface area (Å²) in [5, 5.41) is 3.35. The van der Waals surface area contributed by atoms with E-state index in [1.54, 1.807) is 32.0 Å². The second-order valence-electron chi connectivity index (χ2n) is 5.59. The van der Waals surface area contributed by atoms with E-state index in [-0.39, 0.29) is 16.5 Å². The van der Waals surface area contributed by atoms with Gasteiger partial charge in [0.05, 0.1) is 5.69 Å². The Kier molecular flexibility index (Phi) is 6.19. The van der Waals surface area contributed by atoms with E-state index in [1.165, 1.54) is 0 Å². The number of hydrogen-bond donors (Lipinski definition) is 3. The first-order valence-electron chi connectivity index (χ1n) is 7.40. The van der Waals surface area contributed by atoms with Crippen molar-refractivity contribution in [3.8, 4) is 0 Å². The Bertz CT molecular complexity index is 544. The fourth-order valence-electron chi connectivity index (χ4n) is 2.23. The van der Waals surface area contributed by atoms with Crippen molar-refractivity contribution >= 4 is 15.7 Å². The summed E-state index contributed by atoms with van der Waals surface area (Å²) >= 11 is 0. The molecule has 5 nitrogen and oxygen atoms in total. The molecule has 120 valence electrons. The predicted octanol–water partition coefficient (Wildman–Crippen LogP) is 2.30. The lowest BCUT2D eigenvalue weighted by molar-refractivity contribution is 0.444. The van der Waals surface area contributed by atoms with Crippen molar-refractivity contribution in [3.05, 3.63) is 24.3 Å². The van der Waals surface area contributed by atoms with Gasteiger partial charge in [0.1, 0.15) is 4.90 Å². The maximum absolute atomic E-state index is 12.4. The second-order valence-corrected chi connectivity index (χ2v) is 7.27. The highest BCUT2D eigenvalue weighted by molar-refractivity contribution is 7.89. The van der Waals surface area contributed by atoms with Crippen LogP contribution in [0.1, 0.15) is 40.5 Å². The first-order chi connectivity index (χ1) is 9.80. The average molecular weight is 313 g/mol. The first-order valence-corrected chi connectivity index (χ1v) is 8.88. The van der Waals surface area contributed by atoms with Gasteiger partial charge in [-0.2, -0.15) is 0 Å². The number of nitrogens with two attached hydrogens (primary N) is 1. The molecular weight excluding hydrogens is 286 g/mol. The highest BCUT2D eigenvalue weighted by atomic mass is 32.2. The van der Waals surface area contributed by atoms with Crippen LogP contribution < -0.4 is 15.8 Å². The van der Waals surface area contributed by atoms with Crippen molar-refractivity contribution in [2.45, 2.75) is 57.0 Å². The van der Waals surface area contributed by atoms with Crippen LogP contribution in [0.4, 0.5) is 5.69 Å². The molecular formula is C15H27N3O2S. The van der Waals surface area contributed by atoms with E-state index < -0.39 is 10.0 Å². The highest BCUT2D eigenvalue weighted by Gasteiger charge is 2.27. The summed E-state index contributed by atoms with van der Waals surface area (Å²) in [6.45, 7) is 8.15. The molecule has 0 aliphatic carbocycles. The standard InChI is InChI=1S/C15H27N3O2S/c1-5-15(6-2,11-16)17-13-9-7-8-10-14(13)21(19,20)18-12(3)4/h7-10,12,17-18H,5-6,11,16H2,1-4H3. The number of benzene rings is 1. The lowest BCUT2D eigenvalue weighted by atomic mass is 9.92. The maximum Gasteiger partial charge on any atom is 0.242 e. The van der Waals surface area contributed by atoms with Crippen molar-refractivity contribution in [2.75, 3.05) is 11.9 Å². The molecule has 0 heterocycles. The fraction of sp³-hybridized carbons (Fsp3) is 0.600. The monoisotopic (exact) mass is 313 g/mol. The van der Waals surface area contributed by atoms with E-state index >= 15 is 0 Å². The third-order valence-corrected chi connectivity index (χ3v) is 5.43. The molecule has 0 fully saturated rings. The van der Waals surface area contributed by atoms with Crippen molar-refractivity contribution in [1.82, 2.24) is 4.72 Å². The van der Waals surface area contributed by atoms with E-state index in [9.17, 15) is 8.42 Å². The zero-order valence-electron chi connectivity index (χ0n) is 13.3. The topological polar surface area (TPSA) is 84.2 Å². The number of para-hydroxylation sites is 1. The van der Waals surface area contributed by atoms with Gasteiger partial charge in [-0.3, -0.25) is 0 Å². The number of nitrogens with one attached hydrogen (secondary N) is 2. The zero-order valence-corrected chi connectivity index (χ0v) is 14.1. The van der Waals surface area contributed by atoms with E-state index in [0.717, 1.165) is 12.8 Å². The summed E-state index contributed by atoms with van der Waals surface area (Å²) < 4.78 is 27.5. The SMILES string of the molecule is CCC(CC)(CN)Nc1ccccc1S(=O)(=O)NC(C)C. The molecule has 0 unspecified atom stereocenters. The molecule has 0 aromatic heterocycles. The Morgan fingerprint density at radius 2 is 1.76 bits per heavy atom. The van der Waals surface area contributed by atoms with Gasteiger partial charge in [0.25, 0.3) is 0 Å². The van der Waals surface area contributed by atoms with E-state index in [0.29, 0.717) is 12.2 Å². The van der Waals surface area contributed by atoms with Gasteiger partial charge in [-0.1, -0.05) is 26.0 Å². The van der Waals surface area contributed by atoms with Crippen molar-refractivity contribution in [3.63, 3.8) is 0 Å². The van der Waals surface area contributed by atoms with Crippen molar-refractivity contribution in [1.29, 1.82) is 0 Å². The van der Waals surface area contributed by atoms with Crippen LogP contribution in [0.2, 0.25) is 0 Å². The van der Waals surface area contributed by atoms with Crippen molar-refractivity contribution in [2.24, 2.45) is 5.73 Å². The highest BCUT2D eigenvalue weighted by Crippen LogP contribution is 2.27. The summed E-state index contributed by atoms with van der Waals surface area (Å²) in [5.74, 6) is 0. The molecule has 1 rings (SSSR count). The minimum absolute atomic E-state index is 0.153. The van der Waals surface area contributed by atoms with Crippen LogP contribution in [-0.4, -0.2) is 26.5 Å². The smallest absolute Gasteiger partial charge is 0.242 e. The predicted molar refractivity (Wildman–Crippen MR) is 87.9 cm³/mol. The number of hydrogen-bond acceptors (Lipinski definition) is 4. The molecule has 6 heteroatoms. The number of rotatable bonds is 8. The molecule has 0 saturated heterocycles. The molecule has 0 spiro atoms. The van der Waals surface area contributed by atoms with Crippen molar-refractivity contribution < 1.29 is 8.42 Å². The Morgan fingerprint density at radius 3 is 2.24 bits per heavy atom. The molecule has 0 aliphatic heterocycles. The van der Waals surface area contributed by atoms with Gasteiger partial charge < -0.3 is 11.1 Å². The van der Waals surface area contributed by atoms with Gasteiger partial charge in [0.2, 0.25) is 10.0 Å². The van der Waals surface area contributed by atoms with E-state index in [2.05, 4.69) is 10.0 Å². The quantitative estimate of drug-likeness (QED) is 0.687. The Hall–Kier alpha value is -1.11. The molecule has 1 aromatic carbocycles. The summed E-state index contributed by atoms with van der Waals surface area (Å²) in [4.78, 5) is 0.262. The first kappa shape index (κ1) is 17.9. The second kappa shape index (κ2) is 7.24. The number of anilines is 1. The Balaban J connectivity index is 3.22. The van der Waals surface area contributed by atoms with Crippen LogP contribution in [0.5, 0.6) is 0 Å². The van der Waals surface area contributed by atoms with Gasteiger partial charge in [-0.25, -0.2) is 13.1 Å². The molecule has 0 radical (unpaired) electrons. The van der Waals surface area contributed by atoms with Crippen LogP contribution in [0.25, 0.3) is 0 Å². The molecule has 0 bridgehead atoms.